The molecular formula is C32H32Cl2N2O6. The summed E-state index contributed by atoms with van der Waals surface area (Å²) in [4.78, 5) is 13.0. The summed E-state index contributed by atoms with van der Waals surface area (Å²) in [6, 6.07) is 15.5. The van der Waals surface area contributed by atoms with Crippen LogP contribution >= 0.6 is 23.2 Å². The third-order valence-corrected chi connectivity index (χ3v) is 7.17. The lowest BCUT2D eigenvalue weighted by atomic mass is 9.83. The monoisotopic (exact) mass is 610 g/mol. The van der Waals surface area contributed by atoms with Crippen molar-refractivity contribution in [2.75, 3.05) is 20.3 Å². The van der Waals surface area contributed by atoms with Gasteiger partial charge in [0.05, 0.1) is 41.9 Å². The first-order chi connectivity index (χ1) is 20.3. The van der Waals surface area contributed by atoms with Gasteiger partial charge in [-0.3, -0.25) is 0 Å². The Morgan fingerprint density at radius 1 is 0.976 bits per heavy atom. The summed E-state index contributed by atoms with van der Waals surface area (Å²) in [5.41, 5.74) is 8.01. The van der Waals surface area contributed by atoms with Crippen LogP contribution < -0.4 is 29.4 Å². The molecule has 0 radical (unpaired) electrons. The average molecular weight is 612 g/mol. The minimum absolute atomic E-state index is 0.0430. The van der Waals surface area contributed by atoms with Crippen LogP contribution in [0.4, 0.5) is 0 Å². The largest absolute Gasteiger partial charge is 0.493 e. The van der Waals surface area contributed by atoms with E-state index in [4.69, 9.17) is 52.6 Å². The number of allylic oxidation sites excluding steroid dienone is 1. The van der Waals surface area contributed by atoms with Crippen LogP contribution in [-0.4, -0.2) is 26.3 Å². The zero-order chi connectivity index (χ0) is 30.2. The normalized spacial score (nSPS) is 14.0. The number of rotatable bonds is 12. The van der Waals surface area contributed by atoms with E-state index in [9.17, 15) is 10.1 Å². The summed E-state index contributed by atoms with van der Waals surface area (Å²) in [6.07, 6.45) is 3.89. The van der Waals surface area contributed by atoms with Crippen LogP contribution in [0, 0.1) is 11.3 Å². The van der Waals surface area contributed by atoms with Crippen LogP contribution in [0.5, 0.6) is 28.7 Å². The van der Waals surface area contributed by atoms with Gasteiger partial charge in [-0.2, -0.15) is 5.26 Å². The molecule has 1 unspecified atom stereocenters. The highest BCUT2D eigenvalue weighted by atomic mass is 35.5. The maximum Gasteiger partial charge on any atom is 0.343 e. The van der Waals surface area contributed by atoms with Gasteiger partial charge in [-0.25, -0.2) is 4.79 Å². The van der Waals surface area contributed by atoms with Crippen molar-refractivity contribution in [1.82, 2.24) is 0 Å². The molecule has 2 N–H and O–H groups in total. The minimum Gasteiger partial charge on any atom is -0.493 e. The maximum atomic E-state index is 13.0. The van der Waals surface area contributed by atoms with Gasteiger partial charge in [0.15, 0.2) is 17.2 Å². The molecule has 3 aromatic carbocycles. The van der Waals surface area contributed by atoms with Crippen molar-refractivity contribution in [3.05, 3.63) is 86.7 Å². The first-order valence-corrected chi connectivity index (χ1v) is 14.4. The number of fused-ring (bicyclic) bond motifs is 1. The van der Waals surface area contributed by atoms with Crippen LogP contribution in [-0.2, 0) is 0 Å². The molecule has 1 atom stereocenters. The maximum absolute atomic E-state index is 13.0. The fourth-order valence-corrected chi connectivity index (χ4v) is 5.14. The van der Waals surface area contributed by atoms with Crippen molar-refractivity contribution in [2.24, 2.45) is 5.73 Å². The topological polar surface area (TPSA) is 113 Å². The Morgan fingerprint density at radius 3 is 2.40 bits per heavy atom. The lowest BCUT2D eigenvalue weighted by molar-refractivity contribution is 0.0734. The Labute approximate surface area is 255 Å². The molecule has 0 fully saturated rings. The molecule has 1 aliphatic rings. The number of hydrogen-bond donors (Lipinski definition) is 1. The van der Waals surface area contributed by atoms with Crippen LogP contribution in [0.1, 0.15) is 66.9 Å². The number of hydrogen-bond acceptors (Lipinski definition) is 8. The number of nitriles is 1. The lowest BCUT2D eigenvalue weighted by Crippen LogP contribution is -2.21. The van der Waals surface area contributed by atoms with Crippen LogP contribution in [0.2, 0.25) is 10.0 Å². The SMILES string of the molecule is CCCCCOc1ccc(C2C(C#N)=C(N)Oc3cc(OC(=O)c4cc(Cl)c(OCCC)c(Cl)c4)ccc32)cc1OC. The fraction of sp³-hybridized carbons (Fsp3) is 0.312. The zero-order valence-corrected chi connectivity index (χ0v) is 25.2. The summed E-state index contributed by atoms with van der Waals surface area (Å²) in [5, 5.41) is 10.4. The van der Waals surface area contributed by atoms with Crippen molar-refractivity contribution in [1.29, 1.82) is 5.26 Å². The van der Waals surface area contributed by atoms with Gasteiger partial charge in [0.2, 0.25) is 5.88 Å². The molecule has 0 bridgehead atoms. The number of methoxy groups -OCH3 is 1. The molecule has 0 saturated heterocycles. The first kappa shape index (κ1) is 30.9. The van der Waals surface area contributed by atoms with Gasteiger partial charge in [-0.05, 0) is 48.7 Å². The summed E-state index contributed by atoms with van der Waals surface area (Å²) in [5.74, 6) is 0.771. The van der Waals surface area contributed by atoms with Gasteiger partial charge >= 0.3 is 5.97 Å². The highest BCUT2D eigenvalue weighted by molar-refractivity contribution is 6.37. The van der Waals surface area contributed by atoms with Gasteiger partial charge in [0.25, 0.3) is 0 Å². The van der Waals surface area contributed by atoms with E-state index >= 15 is 0 Å². The lowest BCUT2D eigenvalue weighted by Gasteiger charge is -2.27. The highest BCUT2D eigenvalue weighted by Gasteiger charge is 2.32. The molecular weight excluding hydrogens is 579 g/mol. The number of unbranched alkanes of at least 4 members (excludes halogenated alkanes) is 2. The Kier molecular flexibility index (Phi) is 10.5. The van der Waals surface area contributed by atoms with E-state index in [0.717, 1.165) is 31.2 Å². The van der Waals surface area contributed by atoms with Gasteiger partial charge in [0, 0.05) is 11.6 Å². The molecule has 0 saturated carbocycles. The second kappa shape index (κ2) is 14.2. The number of benzene rings is 3. The predicted molar refractivity (Wildman–Crippen MR) is 161 cm³/mol. The van der Waals surface area contributed by atoms with Crippen molar-refractivity contribution in [2.45, 2.75) is 45.4 Å². The average Bonchev–Trinajstić information content (AvgIpc) is 2.98. The van der Waals surface area contributed by atoms with Gasteiger partial charge in [-0.1, -0.05) is 62.0 Å². The number of ether oxygens (including phenoxy) is 5. The molecule has 4 rings (SSSR count). The van der Waals surface area contributed by atoms with E-state index < -0.39 is 11.9 Å². The third-order valence-electron chi connectivity index (χ3n) is 6.61. The van der Waals surface area contributed by atoms with Gasteiger partial charge < -0.3 is 29.4 Å². The van der Waals surface area contributed by atoms with E-state index in [0.29, 0.717) is 41.8 Å². The zero-order valence-electron chi connectivity index (χ0n) is 23.7. The molecule has 3 aromatic rings. The van der Waals surface area contributed by atoms with Crippen LogP contribution in [0.25, 0.3) is 0 Å². The van der Waals surface area contributed by atoms with E-state index in [1.807, 2.05) is 25.1 Å². The van der Waals surface area contributed by atoms with Crippen LogP contribution in [0.15, 0.2) is 60.0 Å². The third kappa shape index (κ3) is 6.87. The van der Waals surface area contributed by atoms with Crippen molar-refractivity contribution < 1.29 is 28.5 Å². The van der Waals surface area contributed by atoms with Crippen molar-refractivity contribution in [3.8, 4) is 34.8 Å². The molecule has 10 heteroatoms. The highest BCUT2D eigenvalue weighted by Crippen LogP contribution is 2.45. The molecule has 220 valence electrons. The summed E-state index contributed by atoms with van der Waals surface area (Å²) < 4.78 is 28.5. The number of halogens is 2. The van der Waals surface area contributed by atoms with E-state index in [-0.39, 0.29) is 32.8 Å². The van der Waals surface area contributed by atoms with Gasteiger partial charge in [0.1, 0.15) is 23.1 Å². The first-order valence-electron chi connectivity index (χ1n) is 13.7. The molecule has 1 aliphatic heterocycles. The van der Waals surface area contributed by atoms with E-state index in [1.54, 1.807) is 25.3 Å². The van der Waals surface area contributed by atoms with Gasteiger partial charge in [-0.15, -0.1) is 0 Å². The van der Waals surface area contributed by atoms with E-state index in [2.05, 4.69) is 13.0 Å². The molecule has 0 amide bonds. The fourth-order valence-electron chi connectivity index (χ4n) is 4.55. The molecule has 0 aromatic heterocycles. The minimum atomic E-state index is -0.673. The molecule has 0 aliphatic carbocycles. The summed E-state index contributed by atoms with van der Waals surface area (Å²) in [7, 11) is 1.57. The number of nitrogens with zero attached hydrogens (tertiary/aromatic N) is 1. The second-order valence-electron chi connectivity index (χ2n) is 9.60. The number of carbonyl (C=O) groups is 1. The van der Waals surface area contributed by atoms with Crippen LogP contribution in [0.3, 0.4) is 0 Å². The van der Waals surface area contributed by atoms with Crippen molar-refractivity contribution >= 4 is 29.2 Å². The standard InChI is InChI=1S/C32H32Cl2N2O6/c1-4-6-7-13-39-26-11-8-19(16-28(26)38-3)29-22-10-9-21(17-27(22)42-31(36)23(29)18-35)41-32(37)20-14-24(33)30(25(34)15-20)40-12-5-2/h8-11,14-17,29H,4-7,12-13,36H2,1-3H3. The molecule has 42 heavy (non-hydrogen) atoms. The summed E-state index contributed by atoms with van der Waals surface area (Å²) >= 11 is 12.6. The summed E-state index contributed by atoms with van der Waals surface area (Å²) in [6.45, 7) is 5.11. The van der Waals surface area contributed by atoms with E-state index in [1.165, 1.54) is 12.1 Å². The predicted octanol–water partition coefficient (Wildman–Crippen LogP) is 7.80. The number of carbonyl (C=O) groups excluding carboxylic acids is 1. The Balaban J connectivity index is 1.60. The smallest absolute Gasteiger partial charge is 0.343 e. The number of nitrogens with two attached hydrogens (primary N) is 1. The molecule has 0 spiro atoms. The molecule has 1 heterocycles. The number of esters is 1. The Bertz CT molecular complexity index is 1510. The van der Waals surface area contributed by atoms with Crippen molar-refractivity contribution in [3.63, 3.8) is 0 Å². The second-order valence-corrected chi connectivity index (χ2v) is 10.4. The Morgan fingerprint density at radius 2 is 1.74 bits per heavy atom. The Hall–Kier alpha value is -4.06. The molecule has 8 nitrogen and oxygen atoms in total. The quantitative estimate of drug-likeness (QED) is 0.125.